The fraction of sp³-hybridized carbons (Fsp3) is 0.611. The maximum Gasteiger partial charge on any atom is 0.317 e. The van der Waals surface area contributed by atoms with Gasteiger partial charge in [0.2, 0.25) is 0 Å². The summed E-state index contributed by atoms with van der Waals surface area (Å²) in [6, 6.07) is 6.63. The second-order valence-electron chi connectivity index (χ2n) is 6.37. The summed E-state index contributed by atoms with van der Waals surface area (Å²) in [6.45, 7) is 12.9. The molecule has 1 fully saturated rings. The van der Waals surface area contributed by atoms with Gasteiger partial charge in [-0.1, -0.05) is 39.0 Å². The number of carbonyl (C=O) groups is 1. The van der Waals surface area contributed by atoms with Crippen LogP contribution in [-0.4, -0.2) is 43.7 Å². The van der Waals surface area contributed by atoms with Gasteiger partial charge in [0.05, 0.1) is 0 Å². The minimum Gasteiger partial charge on any atom is -0.368 e. The monoisotopic (exact) mass is 303 g/mol. The van der Waals surface area contributed by atoms with Gasteiger partial charge in [0, 0.05) is 38.4 Å². The second kappa shape index (κ2) is 7.52. The smallest absolute Gasteiger partial charge is 0.317 e. The maximum absolute atomic E-state index is 12.0. The lowest BCUT2D eigenvalue weighted by molar-refractivity contribution is 0.194. The summed E-state index contributed by atoms with van der Waals surface area (Å²) in [5.41, 5.74) is 4.10. The van der Waals surface area contributed by atoms with Gasteiger partial charge >= 0.3 is 6.03 Å². The zero-order chi connectivity index (χ0) is 16.1. The van der Waals surface area contributed by atoms with Crippen molar-refractivity contribution < 1.29 is 4.79 Å². The number of nitrogens with zero attached hydrogens (tertiary/aromatic N) is 2. The Morgan fingerprint density at radius 3 is 2.50 bits per heavy atom. The number of benzene rings is 1. The van der Waals surface area contributed by atoms with Crippen LogP contribution in [-0.2, 0) is 0 Å². The summed E-state index contributed by atoms with van der Waals surface area (Å²) in [7, 11) is 0. The minimum atomic E-state index is 0.0790. The van der Waals surface area contributed by atoms with E-state index in [0.717, 1.165) is 39.1 Å². The highest BCUT2D eigenvalue weighted by Gasteiger charge is 2.23. The van der Waals surface area contributed by atoms with Crippen molar-refractivity contribution >= 4 is 11.7 Å². The highest BCUT2D eigenvalue weighted by Crippen LogP contribution is 2.31. The van der Waals surface area contributed by atoms with Crippen molar-refractivity contribution in [1.29, 1.82) is 0 Å². The van der Waals surface area contributed by atoms with Crippen LogP contribution in [0.1, 0.15) is 44.2 Å². The molecule has 2 rings (SSSR count). The average Bonchev–Trinajstić information content (AvgIpc) is 2.52. The lowest BCUT2D eigenvalue weighted by Gasteiger charge is -2.38. The Kier molecular flexibility index (Phi) is 5.69. The van der Waals surface area contributed by atoms with Crippen molar-refractivity contribution in [3.8, 4) is 0 Å². The molecule has 4 heteroatoms. The van der Waals surface area contributed by atoms with Gasteiger partial charge in [0.1, 0.15) is 0 Å². The van der Waals surface area contributed by atoms with E-state index in [1.54, 1.807) is 0 Å². The maximum atomic E-state index is 12.0. The van der Waals surface area contributed by atoms with E-state index in [1.165, 1.54) is 16.8 Å². The standard InChI is InChI=1S/C18H29N3O/c1-5-9-19-18(22)21-12-10-20(11-13-21)17-15(4)7-6-8-16(17)14(2)3/h6-8,14H,5,9-13H2,1-4H3,(H,19,22). The number of hydrogen-bond acceptors (Lipinski definition) is 2. The van der Waals surface area contributed by atoms with Crippen molar-refractivity contribution in [3.05, 3.63) is 29.3 Å². The van der Waals surface area contributed by atoms with Gasteiger partial charge in [-0.3, -0.25) is 0 Å². The molecule has 0 bridgehead atoms. The lowest BCUT2D eigenvalue weighted by atomic mass is 9.97. The predicted molar refractivity (Wildman–Crippen MR) is 92.7 cm³/mol. The molecule has 0 atom stereocenters. The minimum absolute atomic E-state index is 0.0790. The number of carbonyl (C=O) groups excluding carboxylic acids is 1. The van der Waals surface area contributed by atoms with Crippen LogP contribution in [0.5, 0.6) is 0 Å². The molecule has 0 aromatic heterocycles. The van der Waals surface area contributed by atoms with Gasteiger partial charge in [-0.2, -0.15) is 0 Å². The molecule has 22 heavy (non-hydrogen) atoms. The van der Waals surface area contributed by atoms with Gasteiger partial charge in [-0.05, 0) is 30.4 Å². The van der Waals surface area contributed by atoms with Gasteiger partial charge in [-0.15, -0.1) is 0 Å². The number of rotatable bonds is 4. The Morgan fingerprint density at radius 1 is 1.23 bits per heavy atom. The third-order valence-corrected chi connectivity index (χ3v) is 4.30. The van der Waals surface area contributed by atoms with E-state index in [0.29, 0.717) is 5.92 Å². The molecule has 1 aliphatic heterocycles. The number of urea groups is 1. The average molecular weight is 303 g/mol. The zero-order valence-corrected chi connectivity index (χ0v) is 14.4. The van der Waals surface area contributed by atoms with E-state index in [2.05, 4.69) is 56.1 Å². The van der Waals surface area contributed by atoms with Crippen molar-refractivity contribution in [2.75, 3.05) is 37.6 Å². The molecular weight excluding hydrogens is 274 g/mol. The molecule has 1 aromatic carbocycles. The summed E-state index contributed by atoms with van der Waals surface area (Å²) in [5, 5.41) is 2.97. The Bertz CT molecular complexity index is 505. The zero-order valence-electron chi connectivity index (χ0n) is 14.4. The molecule has 0 spiro atoms. The molecule has 1 aliphatic rings. The Hall–Kier alpha value is -1.71. The van der Waals surface area contributed by atoms with Crippen molar-refractivity contribution in [2.45, 2.75) is 40.0 Å². The summed E-state index contributed by atoms with van der Waals surface area (Å²) in [4.78, 5) is 16.4. The fourth-order valence-corrected chi connectivity index (χ4v) is 3.06. The highest BCUT2D eigenvalue weighted by atomic mass is 16.2. The largest absolute Gasteiger partial charge is 0.368 e. The van der Waals surface area contributed by atoms with Gasteiger partial charge in [0.25, 0.3) is 0 Å². The Labute approximate surface area is 134 Å². The van der Waals surface area contributed by atoms with E-state index >= 15 is 0 Å². The Balaban J connectivity index is 2.05. The van der Waals surface area contributed by atoms with Crippen LogP contribution in [0, 0.1) is 6.92 Å². The molecule has 1 saturated heterocycles. The summed E-state index contributed by atoms with van der Waals surface area (Å²) < 4.78 is 0. The summed E-state index contributed by atoms with van der Waals surface area (Å²) >= 11 is 0. The molecule has 0 radical (unpaired) electrons. The first kappa shape index (κ1) is 16.7. The number of piperazine rings is 1. The topological polar surface area (TPSA) is 35.6 Å². The predicted octanol–water partition coefficient (Wildman–Crippen LogP) is 3.36. The molecular formula is C18H29N3O. The number of nitrogens with one attached hydrogen (secondary N) is 1. The molecule has 4 nitrogen and oxygen atoms in total. The SMILES string of the molecule is CCCNC(=O)N1CCN(c2c(C)cccc2C(C)C)CC1. The molecule has 0 saturated carbocycles. The Morgan fingerprint density at radius 2 is 1.91 bits per heavy atom. The van der Waals surface area contributed by atoms with Crippen LogP contribution in [0.2, 0.25) is 0 Å². The molecule has 1 heterocycles. The number of hydrogen-bond donors (Lipinski definition) is 1. The third-order valence-electron chi connectivity index (χ3n) is 4.30. The van der Waals surface area contributed by atoms with Crippen LogP contribution >= 0.6 is 0 Å². The van der Waals surface area contributed by atoms with Gasteiger partial charge in [0.15, 0.2) is 0 Å². The van der Waals surface area contributed by atoms with E-state index < -0.39 is 0 Å². The normalized spacial score (nSPS) is 15.3. The van der Waals surface area contributed by atoms with Gasteiger partial charge < -0.3 is 15.1 Å². The number of aryl methyl sites for hydroxylation is 1. The molecule has 0 unspecified atom stereocenters. The molecule has 0 aliphatic carbocycles. The first-order valence-corrected chi connectivity index (χ1v) is 8.41. The van der Waals surface area contributed by atoms with Crippen molar-refractivity contribution in [2.24, 2.45) is 0 Å². The molecule has 1 aromatic rings. The lowest BCUT2D eigenvalue weighted by Crippen LogP contribution is -2.52. The first-order chi connectivity index (χ1) is 10.5. The van der Waals surface area contributed by atoms with Crippen molar-refractivity contribution in [1.82, 2.24) is 10.2 Å². The molecule has 2 amide bonds. The van der Waals surface area contributed by atoms with Crippen LogP contribution in [0.3, 0.4) is 0 Å². The first-order valence-electron chi connectivity index (χ1n) is 8.41. The van der Waals surface area contributed by atoms with E-state index in [4.69, 9.17) is 0 Å². The number of anilines is 1. The fourth-order valence-electron chi connectivity index (χ4n) is 3.06. The molecule has 122 valence electrons. The van der Waals surface area contributed by atoms with Crippen LogP contribution in [0.4, 0.5) is 10.5 Å². The number of para-hydroxylation sites is 1. The van der Waals surface area contributed by atoms with Gasteiger partial charge in [-0.25, -0.2) is 4.79 Å². The van der Waals surface area contributed by atoms with E-state index in [-0.39, 0.29) is 6.03 Å². The van der Waals surface area contributed by atoms with Crippen molar-refractivity contribution in [3.63, 3.8) is 0 Å². The summed E-state index contributed by atoms with van der Waals surface area (Å²) in [6.07, 6.45) is 0.979. The third kappa shape index (κ3) is 3.73. The quantitative estimate of drug-likeness (QED) is 0.926. The number of amides is 2. The van der Waals surface area contributed by atoms with E-state index in [1.807, 2.05) is 4.90 Å². The van der Waals surface area contributed by atoms with Crippen LogP contribution in [0.15, 0.2) is 18.2 Å². The van der Waals surface area contributed by atoms with Crippen LogP contribution in [0.25, 0.3) is 0 Å². The highest BCUT2D eigenvalue weighted by molar-refractivity contribution is 5.74. The molecule has 1 N–H and O–H groups in total. The van der Waals surface area contributed by atoms with Crippen LogP contribution < -0.4 is 10.2 Å². The van der Waals surface area contributed by atoms with E-state index in [9.17, 15) is 4.79 Å². The summed E-state index contributed by atoms with van der Waals surface area (Å²) in [5.74, 6) is 0.515. The second-order valence-corrected chi connectivity index (χ2v) is 6.37.